The molecule has 1 heterocycles. The first kappa shape index (κ1) is 13.9. The molecule has 0 fully saturated rings. The topological polar surface area (TPSA) is 70.1 Å². The number of primary amides is 1. The smallest absolute Gasteiger partial charge is 0.284 e. The van der Waals surface area contributed by atoms with Crippen molar-refractivity contribution in [2.75, 3.05) is 6.61 Å². The number of aromatic nitrogens is 2. The number of carbonyl (C=O) groups excluding carboxylic acids is 1. The second-order valence-electron chi connectivity index (χ2n) is 5.39. The highest BCUT2D eigenvalue weighted by Crippen LogP contribution is 2.08. The lowest BCUT2D eigenvalue weighted by molar-refractivity contribution is 0.0801. The summed E-state index contributed by atoms with van der Waals surface area (Å²) in [6, 6.07) is 1.10. The second kappa shape index (κ2) is 5.46. The van der Waals surface area contributed by atoms with Crippen LogP contribution < -0.4 is 5.73 Å². The summed E-state index contributed by atoms with van der Waals surface area (Å²) in [5.74, 6) is -0.262. The number of rotatable bonds is 6. The third-order valence-electron chi connectivity index (χ3n) is 2.34. The van der Waals surface area contributed by atoms with Crippen molar-refractivity contribution in [3.63, 3.8) is 0 Å². The molecular weight excluding hydrogens is 234 g/mol. The van der Waals surface area contributed by atoms with Gasteiger partial charge in [0.1, 0.15) is 6.73 Å². The van der Waals surface area contributed by atoms with Crippen molar-refractivity contribution >= 4 is 14.0 Å². The number of aryl methyl sites for hydroxylation is 1. The molecule has 0 aliphatic heterocycles. The normalized spacial score (nSPS) is 11.8. The standard InChI is InChI=1S/C11H21N3O2Si/c1-9-7-14(11(13-9)10(12)15)8-16-5-6-17(2,3)4/h7H,5-6,8H2,1-4H3,(H2,12,15). The van der Waals surface area contributed by atoms with Crippen molar-refractivity contribution in [2.24, 2.45) is 5.73 Å². The van der Waals surface area contributed by atoms with E-state index in [4.69, 9.17) is 10.5 Å². The average molecular weight is 255 g/mol. The summed E-state index contributed by atoms with van der Waals surface area (Å²) in [6.07, 6.45) is 1.77. The van der Waals surface area contributed by atoms with Crippen LogP contribution >= 0.6 is 0 Å². The Morgan fingerprint density at radius 2 is 2.18 bits per heavy atom. The van der Waals surface area contributed by atoms with Crippen LogP contribution in [-0.2, 0) is 11.5 Å². The van der Waals surface area contributed by atoms with Gasteiger partial charge in [0.25, 0.3) is 5.91 Å². The van der Waals surface area contributed by atoms with Gasteiger partial charge in [0.15, 0.2) is 0 Å². The van der Waals surface area contributed by atoms with Crippen molar-refractivity contribution in [1.82, 2.24) is 9.55 Å². The van der Waals surface area contributed by atoms with Gasteiger partial charge in [0.2, 0.25) is 5.82 Å². The Hall–Kier alpha value is -1.14. The minimum atomic E-state index is -1.07. The maximum absolute atomic E-state index is 11.1. The van der Waals surface area contributed by atoms with E-state index >= 15 is 0 Å². The summed E-state index contributed by atoms with van der Waals surface area (Å²) in [5.41, 5.74) is 6.00. The van der Waals surface area contributed by atoms with E-state index in [9.17, 15) is 4.79 Å². The van der Waals surface area contributed by atoms with Gasteiger partial charge in [-0.05, 0) is 13.0 Å². The molecule has 5 nitrogen and oxygen atoms in total. The average Bonchev–Trinajstić information content (AvgIpc) is 2.53. The number of hydrogen-bond donors (Lipinski definition) is 1. The second-order valence-corrected chi connectivity index (χ2v) is 11.0. The molecule has 1 aromatic rings. The molecule has 0 atom stereocenters. The van der Waals surface area contributed by atoms with Gasteiger partial charge in [0.05, 0.1) is 5.69 Å². The molecule has 0 aliphatic rings. The zero-order valence-electron chi connectivity index (χ0n) is 11.0. The Labute approximate surface area is 103 Å². The van der Waals surface area contributed by atoms with Gasteiger partial charge in [-0.25, -0.2) is 4.98 Å². The lowest BCUT2D eigenvalue weighted by Gasteiger charge is -2.15. The van der Waals surface area contributed by atoms with Gasteiger partial charge in [0, 0.05) is 20.9 Å². The van der Waals surface area contributed by atoms with E-state index in [-0.39, 0.29) is 5.82 Å². The van der Waals surface area contributed by atoms with Crippen LogP contribution in [0.25, 0.3) is 0 Å². The lowest BCUT2D eigenvalue weighted by Crippen LogP contribution is -2.23. The van der Waals surface area contributed by atoms with E-state index in [0.29, 0.717) is 13.3 Å². The van der Waals surface area contributed by atoms with Crippen molar-refractivity contribution in [1.29, 1.82) is 0 Å². The summed E-state index contributed by atoms with van der Waals surface area (Å²) in [6.45, 7) is 9.77. The van der Waals surface area contributed by atoms with Crippen molar-refractivity contribution in [3.05, 3.63) is 17.7 Å². The summed E-state index contributed by atoms with van der Waals surface area (Å²) in [5, 5.41) is 0. The van der Waals surface area contributed by atoms with E-state index in [1.807, 2.05) is 6.92 Å². The third kappa shape index (κ3) is 4.70. The highest BCUT2D eigenvalue weighted by Gasteiger charge is 2.13. The molecule has 0 saturated heterocycles. The van der Waals surface area contributed by atoms with Gasteiger partial charge in [-0.15, -0.1) is 0 Å². The number of nitrogens with two attached hydrogens (primary N) is 1. The first-order valence-electron chi connectivity index (χ1n) is 5.71. The number of amides is 1. The van der Waals surface area contributed by atoms with Gasteiger partial charge in [-0.3, -0.25) is 4.79 Å². The van der Waals surface area contributed by atoms with Gasteiger partial charge in [-0.1, -0.05) is 19.6 Å². The molecule has 0 aromatic carbocycles. The van der Waals surface area contributed by atoms with E-state index < -0.39 is 14.0 Å². The number of carbonyl (C=O) groups is 1. The monoisotopic (exact) mass is 255 g/mol. The molecule has 1 amide bonds. The Morgan fingerprint density at radius 3 is 2.71 bits per heavy atom. The zero-order valence-corrected chi connectivity index (χ0v) is 12.0. The predicted molar refractivity (Wildman–Crippen MR) is 69.6 cm³/mol. The molecule has 0 unspecified atom stereocenters. The van der Waals surface area contributed by atoms with Crippen LogP contribution in [0.1, 0.15) is 16.3 Å². The molecule has 0 bridgehead atoms. The molecule has 6 heteroatoms. The number of nitrogens with zero attached hydrogens (tertiary/aromatic N) is 2. The quantitative estimate of drug-likeness (QED) is 0.620. The number of hydrogen-bond acceptors (Lipinski definition) is 3. The fraction of sp³-hybridized carbons (Fsp3) is 0.636. The first-order valence-corrected chi connectivity index (χ1v) is 9.41. The van der Waals surface area contributed by atoms with Crippen LogP contribution in [-0.4, -0.2) is 30.1 Å². The maximum atomic E-state index is 11.1. The van der Waals surface area contributed by atoms with E-state index in [0.717, 1.165) is 11.7 Å². The fourth-order valence-electron chi connectivity index (χ4n) is 1.38. The molecular formula is C11H21N3O2Si. The Bertz CT molecular complexity index is 396. The van der Waals surface area contributed by atoms with E-state index in [1.54, 1.807) is 10.8 Å². The lowest BCUT2D eigenvalue weighted by atomic mass is 10.6. The summed E-state index contributed by atoms with van der Waals surface area (Å²) < 4.78 is 7.20. The molecule has 1 rings (SSSR count). The molecule has 17 heavy (non-hydrogen) atoms. The minimum Gasteiger partial charge on any atom is -0.363 e. The van der Waals surface area contributed by atoms with Crippen molar-refractivity contribution in [3.8, 4) is 0 Å². The Morgan fingerprint density at radius 1 is 1.53 bits per heavy atom. The van der Waals surface area contributed by atoms with Crippen molar-refractivity contribution in [2.45, 2.75) is 39.3 Å². The van der Waals surface area contributed by atoms with Crippen LogP contribution in [0.4, 0.5) is 0 Å². The molecule has 0 spiro atoms. The SMILES string of the molecule is Cc1cn(COCC[Si](C)(C)C)c(C(N)=O)n1. The van der Waals surface area contributed by atoms with Crippen LogP contribution in [0.5, 0.6) is 0 Å². The number of ether oxygens (including phenoxy) is 1. The van der Waals surface area contributed by atoms with Crippen molar-refractivity contribution < 1.29 is 9.53 Å². The van der Waals surface area contributed by atoms with E-state index in [1.165, 1.54) is 0 Å². The van der Waals surface area contributed by atoms with Gasteiger partial charge in [-0.2, -0.15) is 0 Å². The third-order valence-corrected chi connectivity index (χ3v) is 4.05. The molecule has 0 aliphatic carbocycles. The summed E-state index contributed by atoms with van der Waals surface area (Å²) in [4.78, 5) is 15.2. The highest BCUT2D eigenvalue weighted by molar-refractivity contribution is 6.76. The Balaban J connectivity index is 2.49. The predicted octanol–water partition coefficient (Wildman–Crippen LogP) is 1.60. The minimum absolute atomic E-state index is 0.260. The Kier molecular flexibility index (Phi) is 4.47. The molecule has 0 saturated carbocycles. The first-order chi connectivity index (χ1) is 7.79. The van der Waals surface area contributed by atoms with Crippen LogP contribution in [0.3, 0.4) is 0 Å². The molecule has 2 N–H and O–H groups in total. The highest BCUT2D eigenvalue weighted by atomic mass is 28.3. The summed E-state index contributed by atoms with van der Waals surface area (Å²) >= 11 is 0. The fourth-order valence-corrected chi connectivity index (χ4v) is 2.14. The molecule has 1 aromatic heterocycles. The number of imidazole rings is 1. The molecule has 0 radical (unpaired) electrons. The van der Waals surface area contributed by atoms with Crippen LogP contribution in [0, 0.1) is 6.92 Å². The summed E-state index contributed by atoms with van der Waals surface area (Å²) in [7, 11) is -1.07. The van der Waals surface area contributed by atoms with Crippen LogP contribution in [0.2, 0.25) is 25.7 Å². The van der Waals surface area contributed by atoms with Gasteiger partial charge >= 0.3 is 0 Å². The maximum Gasteiger partial charge on any atom is 0.284 e. The van der Waals surface area contributed by atoms with Gasteiger partial charge < -0.3 is 15.0 Å². The zero-order chi connectivity index (χ0) is 13.1. The largest absolute Gasteiger partial charge is 0.363 e. The van der Waals surface area contributed by atoms with E-state index in [2.05, 4.69) is 24.6 Å². The van der Waals surface area contributed by atoms with Crippen LogP contribution in [0.15, 0.2) is 6.20 Å². The molecule has 96 valence electrons.